The van der Waals surface area contributed by atoms with Gasteiger partial charge in [-0.1, -0.05) is 32.0 Å². The average Bonchev–Trinajstić information content (AvgIpc) is 2.61. The highest BCUT2D eigenvalue weighted by molar-refractivity contribution is 7.92. The molecule has 1 aliphatic heterocycles. The molecule has 7 nitrogen and oxygen atoms in total. The summed E-state index contributed by atoms with van der Waals surface area (Å²) in [6, 6.07) is 7.39. The largest absolute Gasteiger partial charge is 0.342 e. The third kappa shape index (κ3) is 4.97. The van der Waals surface area contributed by atoms with E-state index in [1.165, 1.54) is 4.31 Å². The summed E-state index contributed by atoms with van der Waals surface area (Å²) in [5.74, 6) is 0.0776. The summed E-state index contributed by atoms with van der Waals surface area (Å²) < 4.78 is 26.0. The Labute approximate surface area is 155 Å². The van der Waals surface area contributed by atoms with Crippen molar-refractivity contribution in [1.29, 1.82) is 0 Å². The molecular weight excluding hydrogens is 354 g/mol. The zero-order chi connectivity index (χ0) is 19.3. The van der Waals surface area contributed by atoms with Gasteiger partial charge in [-0.15, -0.1) is 0 Å². The first-order valence-corrected chi connectivity index (χ1v) is 10.6. The second-order valence-corrected chi connectivity index (χ2v) is 8.73. The summed E-state index contributed by atoms with van der Waals surface area (Å²) in [5.41, 5.74) is 1.56. The Kier molecular flexibility index (Phi) is 6.63. The molecule has 8 heteroatoms. The molecule has 144 valence electrons. The topological polar surface area (TPSA) is 78.0 Å². The van der Waals surface area contributed by atoms with Crippen molar-refractivity contribution < 1.29 is 18.0 Å². The lowest BCUT2D eigenvalue weighted by molar-refractivity contribution is -0.134. The monoisotopic (exact) mass is 381 g/mol. The smallest absolute Gasteiger partial charge is 0.232 e. The number of sulfonamides is 1. The standard InChI is InChI=1S/C18H27N3O4S/c1-15(2)16-6-4-5-7-17(16)21(26(3,24)25)9-8-18(23)20-12-10-19(14-22)11-13-20/h4-7,14-15H,8-13H2,1-3H3. The van der Waals surface area contributed by atoms with E-state index >= 15 is 0 Å². The predicted octanol–water partition coefficient (Wildman–Crippen LogP) is 1.27. The number of anilines is 1. The Morgan fingerprint density at radius 3 is 2.35 bits per heavy atom. The van der Waals surface area contributed by atoms with Gasteiger partial charge in [0.2, 0.25) is 22.3 Å². The number of carbonyl (C=O) groups is 2. The second-order valence-electron chi connectivity index (χ2n) is 6.82. The fourth-order valence-electron chi connectivity index (χ4n) is 3.10. The van der Waals surface area contributed by atoms with Gasteiger partial charge in [0.25, 0.3) is 0 Å². The molecule has 1 heterocycles. The van der Waals surface area contributed by atoms with Crippen molar-refractivity contribution in [3.05, 3.63) is 29.8 Å². The molecule has 0 aliphatic carbocycles. The fourth-order valence-corrected chi connectivity index (χ4v) is 4.05. The highest BCUT2D eigenvalue weighted by atomic mass is 32.2. The lowest BCUT2D eigenvalue weighted by Crippen LogP contribution is -2.48. The maximum Gasteiger partial charge on any atom is 0.232 e. The van der Waals surface area contributed by atoms with Gasteiger partial charge in [0, 0.05) is 39.1 Å². The van der Waals surface area contributed by atoms with E-state index < -0.39 is 10.0 Å². The maximum absolute atomic E-state index is 12.5. The Morgan fingerprint density at radius 1 is 1.19 bits per heavy atom. The molecule has 0 spiro atoms. The zero-order valence-electron chi connectivity index (χ0n) is 15.6. The first kappa shape index (κ1) is 20.2. The van der Waals surface area contributed by atoms with Crippen LogP contribution in [0.5, 0.6) is 0 Å². The van der Waals surface area contributed by atoms with Crippen LogP contribution in [0.3, 0.4) is 0 Å². The Bertz CT molecular complexity index is 741. The number of hydrogen-bond acceptors (Lipinski definition) is 4. The number of benzene rings is 1. The summed E-state index contributed by atoms with van der Waals surface area (Å²) in [4.78, 5) is 26.5. The molecule has 0 bridgehead atoms. The molecule has 0 saturated carbocycles. The summed E-state index contributed by atoms with van der Waals surface area (Å²) in [6.45, 7) is 6.13. The molecule has 0 aromatic heterocycles. The predicted molar refractivity (Wildman–Crippen MR) is 102 cm³/mol. The van der Waals surface area contributed by atoms with Crippen molar-refractivity contribution in [2.75, 3.05) is 43.3 Å². The number of rotatable bonds is 7. The lowest BCUT2D eigenvalue weighted by Gasteiger charge is -2.33. The first-order valence-electron chi connectivity index (χ1n) is 8.77. The summed E-state index contributed by atoms with van der Waals surface area (Å²) >= 11 is 0. The normalized spacial score (nSPS) is 15.2. The SMILES string of the molecule is CC(C)c1ccccc1N(CCC(=O)N1CCN(C=O)CC1)S(C)(=O)=O. The van der Waals surface area contributed by atoms with Crippen LogP contribution in [-0.2, 0) is 19.6 Å². The number of carbonyl (C=O) groups excluding carboxylic acids is 2. The third-order valence-corrected chi connectivity index (χ3v) is 5.75. The Morgan fingerprint density at radius 2 is 1.81 bits per heavy atom. The van der Waals surface area contributed by atoms with Crippen molar-refractivity contribution in [2.45, 2.75) is 26.2 Å². The van der Waals surface area contributed by atoms with Crippen LogP contribution in [0.1, 0.15) is 31.7 Å². The van der Waals surface area contributed by atoms with Crippen LogP contribution in [0.4, 0.5) is 5.69 Å². The molecule has 1 aromatic rings. The quantitative estimate of drug-likeness (QED) is 0.667. The molecule has 0 atom stereocenters. The van der Waals surface area contributed by atoms with E-state index in [0.717, 1.165) is 18.2 Å². The van der Waals surface area contributed by atoms with Gasteiger partial charge in [-0.05, 0) is 17.5 Å². The third-order valence-electron chi connectivity index (χ3n) is 4.57. The molecule has 2 rings (SSSR count). The van der Waals surface area contributed by atoms with Crippen LogP contribution in [0.2, 0.25) is 0 Å². The van der Waals surface area contributed by atoms with Gasteiger partial charge in [-0.25, -0.2) is 8.42 Å². The van der Waals surface area contributed by atoms with Crippen molar-refractivity contribution in [1.82, 2.24) is 9.80 Å². The van der Waals surface area contributed by atoms with Crippen molar-refractivity contribution >= 4 is 28.0 Å². The summed E-state index contributed by atoms with van der Waals surface area (Å²) in [5, 5.41) is 0. The number of para-hydroxylation sites is 1. The van der Waals surface area contributed by atoms with Crippen molar-refractivity contribution in [3.8, 4) is 0 Å². The molecule has 1 aliphatic rings. The molecule has 0 unspecified atom stereocenters. The van der Waals surface area contributed by atoms with Crippen LogP contribution in [0.25, 0.3) is 0 Å². The highest BCUT2D eigenvalue weighted by Gasteiger charge is 2.25. The second kappa shape index (κ2) is 8.53. The van der Waals surface area contributed by atoms with Crippen molar-refractivity contribution in [2.24, 2.45) is 0 Å². The minimum absolute atomic E-state index is 0.0915. The van der Waals surface area contributed by atoms with E-state index in [1.54, 1.807) is 21.9 Å². The summed E-state index contributed by atoms with van der Waals surface area (Å²) in [6.07, 6.45) is 2.06. The van der Waals surface area contributed by atoms with Crippen molar-refractivity contribution in [3.63, 3.8) is 0 Å². The summed E-state index contributed by atoms with van der Waals surface area (Å²) in [7, 11) is -3.51. The number of amides is 2. The molecule has 2 amide bonds. The lowest BCUT2D eigenvalue weighted by atomic mass is 10.0. The minimum Gasteiger partial charge on any atom is -0.342 e. The van der Waals surface area contributed by atoms with Gasteiger partial charge in [-0.2, -0.15) is 0 Å². The number of nitrogens with zero attached hydrogens (tertiary/aromatic N) is 3. The van der Waals surface area contributed by atoms with Gasteiger partial charge in [0.05, 0.1) is 11.9 Å². The molecule has 1 aromatic carbocycles. The van der Waals surface area contributed by atoms with E-state index in [0.29, 0.717) is 31.9 Å². The fraction of sp³-hybridized carbons (Fsp3) is 0.556. The minimum atomic E-state index is -3.51. The van der Waals surface area contributed by atoms with E-state index in [2.05, 4.69) is 0 Å². The molecule has 26 heavy (non-hydrogen) atoms. The number of piperazine rings is 1. The van der Waals surface area contributed by atoms with Crippen LogP contribution in [0, 0.1) is 0 Å². The molecule has 1 fully saturated rings. The average molecular weight is 381 g/mol. The van der Waals surface area contributed by atoms with E-state index in [4.69, 9.17) is 0 Å². The zero-order valence-corrected chi connectivity index (χ0v) is 16.4. The Hall–Kier alpha value is -2.09. The molecular formula is C18H27N3O4S. The van der Waals surface area contributed by atoms with E-state index in [-0.39, 0.29) is 24.8 Å². The van der Waals surface area contributed by atoms with Crippen LogP contribution >= 0.6 is 0 Å². The highest BCUT2D eigenvalue weighted by Crippen LogP contribution is 2.29. The first-order chi connectivity index (χ1) is 12.2. The van der Waals surface area contributed by atoms with Crippen LogP contribution in [-0.4, -0.2) is 69.5 Å². The van der Waals surface area contributed by atoms with E-state index in [9.17, 15) is 18.0 Å². The number of hydrogen-bond donors (Lipinski definition) is 0. The molecule has 1 saturated heterocycles. The van der Waals surface area contributed by atoms with Gasteiger partial charge in [0.15, 0.2) is 0 Å². The van der Waals surface area contributed by atoms with Gasteiger partial charge in [0.1, 0.15) is 0 Å². The molecule has 0 N–H and O–H groups in total. The Balaban J connectivity index is 2.11. The van der Waals surface area contributed by atoms with Crippen LogP contribution < -0.4 is 4.31 Å². The van der Waals surface area contributed by atoms with Gasteiger partial charge in [-0.3, -0.25) is 13.9 Å². The van der Waals surface area contributed by atoms with Crippen LogP contribution in [0.15, 0.2) is 24.3 Å². The van der Waals surface area contributed by atoms with Gasteiger partial charge >= 0.3 is 0 Å². The van der Waals surface area contributed by atoms with E-state index in [1.807, 2.05) is 26.0 Å². The molecule has 0 radical (unpaired) electrons. The van der Waals surface area contributed by atoms with Gasteiger partial charge < -0.3 is 9.80 Å². The maximum atomic E-state index is 12.5.